The second-order valence-electron chi connectivity index (χ2n) is 4.94. The highest BCUT2D eigenvalue weighted by Crippen LogP contribution is 2.16. The first kappa shape index (κ1) is 15.3. The van der Waals surface area contributed by atoms with Gasteiger partial charge >= 0.3 is 0 Å². The summed E-state index contributed by atoms with van der Waals surface area (Å²) in [6.07, 6.45) is 3.37. The first-order valence-corrected chi connectivity index (χ1v) is 7.42. The minimum Gasteiger partial charge on any atom is -0.469 e. The highest BCUT2D eigenvalue weighted by Gasteiger charge is 2.13. The number of hydrogen-bond donors (Lipinski definition) is 2. The molecule has 0 radical (unpaired) electrons. The van der Waals surface area contributed by atoms with E-state index in [9.17, 15) is 4.79 Å². The van der Waals surface area contributed by atoms with Crippen molar-refractivity contribution in [3.05, 3.63) is 53.5 Å². The van der Waals surface area contributed by atoms with E-state index in [1.165, 1.54) is 0 Å². The van der Waals surface area contributed by atoms with Gasteiger partial charge in [0.1, 0.15) is 5.76 Å². The normalized spacial score (nSPS) is 10.6. The van der Waals surface area contributed by atoms with Crippen LogP contribution in [0.1, 0.15) is 41.9 Å². The number of benzene rings is 1. The minimum absolute atomic E-state index is 0.126. The maximum absolute atomic E-state index is 12.2. The van der Waals surface area contributed by atoms with Crippen molar-refractivity contribution in [1.82, 2.24) is 5.32 Å². The van der Waals surface area contributed by atoms with Crippen molar-refractivity contribution in [2.24, 2.45) is 0 Å². The summed E-state index contributed by atoms with van der Waals surface area (Å²) in [6.45, 7) is 5.91. The highest BCUT2D eigenvalue weighted by atomic mass is 16.3. The van der Waals surface area contributed by atoms with E-state index in [-0.39, 0.29) is 5.91 Å². The van der Waals surface area contributed by atoms with Crippen molar-refractivity contribution < 1.29 is 9.21 Å². The summed E-state index contributed by atoms with van der Waals surface area (Å²) in [5, 5.41) is 6.27. The largest absolute Gasteiger partial charge is 0.469 e. The van der Waals surface area contributed by atoms with E-state index >= 15 is 0 Å². The molecule has 112 valence electrons. The molecule has 1 heterocycles. The minimum atomic E-state index is -0.126. The third kappa shape index (κ3) is 4.20. The Balaban J connectivity index is 2.02. The molecule has 0 unspecified atom stereocenters. The highest BCUT2D eigenvalue weighted by molar-refractivity contribution is 6.04. The molecule has 0 aliphatic carbocycles. The molecule has 4 nitrogen and oxygen atoms in total. The lowest BCUT2D eigenvalue weighted by molar-refractivity contribution is 0.102. The molecule has 0 bridgehead atoms. The average Bonchev–Trinajstić information content (AvgIpc) is 2.96. The van der Waals surface area contributed by atoms with Gasteiger partial charge in [-0.2, -0.15) is 0 Å². The van der Waals surface area contributed by atoms with Crippen LogP contribution in [0.25, 0.3) is 0 Å². The molecule has 0 aliphatic rings. The van der Waals surface area contributed by atoms with Crippen LogP contribution in [0.3, 0.4) is 0 Å². The Labute approximate surface area is 125 Å². The van der Waals surface area contributed by atoms with Crippen molar-refractivity contribution >= 4 is 11.6 Å². The van der Waals surface area contributed by atoms with Crippen LogP contribution < -0.4 is 10.6 Å². The smallest absolute Gasteiger partial charge is 0.259 e. The molecule has 1 aromatic carbocycles. The predicted molar refractivity (Wildman–Crippen MR) is 84.5 cm³/mol. The average molecular weight is 286 g/mol. The van der Waals surface area contributed by atoms with Gasteiger partial charge in [-0.05, 0) is 36.7 Å². The Hall–Kier alpha value is -2.07. The SMILES string of the molecule is CCCNCc1cccc(NC(=O)c2ccoc2CC)c1. The van der Waals surface area contributed by atoms with E-state index in [0.717, 1.165) is 30.8 Å². The molecular formula is C17H22N2O2. The molecule has 0 saturated heterocycles. The number of furan rings is 1. The van der Waals surface area contributed by atoms with Crippen LogP contribution >= 0.6 is 0 Å². The molecule has 0 saturated carbocycles. The maximum atomic E-state index is 12.2. The zero-order valence-electron chi connectivity index (χ0n) is 12.6. The van der Waals surface area contributed by atoms with Crippen LogP contribution in [0.4, 0.5) is 5.69 Å². The Morgan fingerprint density at radius 2 is 2.10 bits per heavy atom. The second-order valence-corrected chi connectivity index (χ2v) is 4.94. The van der Waals surface area contributed by atoms with Gasteiger partial charge in [-0.3, -0.25) is 4.79 Å². The Kier molecular flexibility index (Phi) is 5.58. The zero-order valence-corrected chi connectivity index (χ0v) is 12.6. The molecule has 0 atom stereocenters. The van der Waals surface area contributed by atoms with Crippen LogP contribution in [0, 0.1) is 0 Å². The molecule has 2 aromatic rings. The van der Waals surface area contributed by atoms with Crippen LogP contribution in [0.15, 0.2) is 41.0 Å². The summed E-state index contributed by atoms with van der Waals surface area (Å²) in [5.74, 6) is 0.590. The van der Waals surface area contributed by atoms with Gasteiger partial charge in [0.15, 0.2) is 0 Å². The van der Waals surface area contributed by atoms with Gasteiger partial charge in [0.2, 0.25) is 0 Å². The summed E-state index contributed by atoms with van der Waals surface area (Å²) >= 11 is 0. The molecule has 2 N–H and O–H groups in total. The molecule has 0 aliphatic heterocycles. The fraction of sp³-hybridized carbons (Fsp3) is 0.353. The van der Waals surface area contributed by atoms with Crippen molar-refractivity contribution in [3.63, 3.8) is 0 Å². The zero-order chi connectivity index (χ0) is 15.1. The first-order chi connectivity index (χ1) is 10.2. The third-order valence-electron chi connectivity index (χ3n) is 3.25. The first-order valence-electron chi connectivity index (χ1n) is 7.42. The molecular weight excluding hydrogens is 264 g/mol. The number of rotatable bonds is 7. The molecule has 1 aromatic heterocycles. The number of carbonyl (C=O) groups excluding carboxylic acids is 1. The van der Waals surface area contributed by atoms with Crippen molar-refractivity contribution in [2.45, 2.75) is 33.2 Å². The number of carbonyl (C=O) groups is 1. The van der Waals surface area contributed by atoms with Crippen molar-refractivity contribution in [2.75, 3.05) is 11.9 Å². The Morgan fingerprint density at radius 3 is 2.86 bits per heavy atom. The van der Waals surface area contributed by atoms with E-state index in [4.69, 9.17) is 4.42 Å². The van der Waals surface area contributed by atoms with Crippen molar-refractivity contribution in [3.8, 4) is 0 Å². The number of hydrogen-bond acceptors (Lipinski definition) is 3. The summed E-state index contributed by atoms with van der Waals surface area (Å²) in [7, 11) is 0. The second kappa shape index (κ2) is 7.64. The van der Waals surface area contributed by atoms with Gasteiger partial charge in [-0.25, -0.2) is 0 Å². The fourth-order valence-corrected chi connectivity index (χ4v) is 2.18. The van der Waals surface area contributed by atoms with Crippen LogP contribution in [0.2, 0.25) is 0 Å². The van der Waals surface area contributed by atoms with Crippen LogP contribution in [0.5, 0.6) is 0 Å². The van der Waals surface area contributed by atoms with Gasteiger partial charge in [-0.15, -0.1) is 0 Å². The summed E-state index contributed by atoms with van der Waals surface area (Å²) < 4.78 is 5.29. The lowest BCUT2D eigenvalue weighted by Gasteiger charge is -2.08. The molecule has 2 rings (SSSR count). The summed E-state index contributed by atoms with van der Waals surface area (Å²) in [6, 6.07) is 9.60. The number of anilines is 1. The van der Waals surface area contributed by atoms with E-state index in [1.54, 1.807) is 12.3 Å². The van der Waals surface area contributed by atoms with Gasteiger partial charge in [0, 0.05) is 18.7 Å². The van der Waals surface area contributed by atoms with Crippen LogP contribution in [-0.4, -0.2) is 12.5 Å². The van der Waals surface area contributed by atoms with E-state index in [1.807, 2.05) is 31.2 Å². The molecule has 0 spiro atoms. The number of nitrogens with one attached hydrogen (secondary N) is 2. The summed E-state index contributed by atoms with van der Waals surface area (Å²) in [5.41, 5.74) is 2.57. The number of aryl methyl sites for hydroxylation is 1. The molecule has 21 heavy (non-hydrogen) atoms. The molecule has 0 fully saturated rings. The van der Waals surface area contributed by atoms with Crippen molar-refractivity contribution in [1.29, 1.82) is 0 Å². The maximum Gasteiger partial charge on any atom is 0.259 e. The van der Waals surface area contributed by atoms with E-state index in [0.29, 0.717) is 17.7 Å². The fourth-order valence-electron chi connectivity index (χ4n) is 2.18. The molecule has 1 amide bonds. The quantitative estimate of drug-likeness (QED) is 0.765. The Bertz CT molecular complexity index is 590. The molecule has 4 heteroatoms. The van der Waals surface area contributed by atoms with Gasteiger partial charge < -0.3 is 15.1 Å². The van der Waals surface area contributed by atoms with Crippen LogP contribution in [-0.2, 0) is 13.0 Å². The Morgan fingerprint density at radius 1 is 1.24 bits per heavy atom. The van der Waals surface area contributed by atoms with Gasteiger partial charge in [0.05, 0.1) is 11.8 Å². The topological polar surface area (TPSA) is 54.3 Å². The summed E-state index contributed by atoms with van der Waals surface area (Å²) in [4.78, 5) is 12.2. The standard InChI is InChI=1S/C17H22N2O2/c1-3-9-18-12-13-6-5-7-14(11-13)19-17(20)15-8-10-21-16(15)4-2/h5-8,10-11,18H,3-4,9,12H2,1-2H3,(H,19,20). The predicted octanol–water partition coefficient (Wildman–Crippen LogP) is 3.59. The monoisotopic (exact) mass is 286 g/mol. The van der Waals surface area contributed by atoms with Gasteiger partial charge in [-0.1, -0.05) is 26.0 Å². The number of amides is 1. The van der Waals surface area contributed by atoms with E-state index < -0.39 is 0 Å². The third-order valence-corrected chi connectivity index (χ3v) is 3.25. The lowest BCUT2D eigenvalue weighted by atomic mass is 10.1. The van der Waals surface area contributed by atoms with E-state index in [2.05, 4.69) is 17.6 Å². The lowest BCUT2D eigenvalue weighted by Crippen LogP contribution is -2.15. The van der Waals surface area contributed by atoms with Gasteiger partial charge in [0.25, 0.3) is 5.91 Å².